The number of hydrogen-bond donors (Lipinski definition) is 1. The fourth-order valence-corrected chi connectivity index (χ4v) is 2.45. The molecule has 0 aliphatic heterocycles. The highest BCUT2D eigenvalue weighted by Crippen LogP contribution is 2.27. The molecule has 1 aromatic heterocycles. The molecule has 0 bridgehead atoms. The summed E-state index contributed by atoms with van der Waals surface area (Å²) >= 11 is 0. The monoisotopic (exact) mass is 305 g/mol. The number of aromatic carboxylic acids is 1. The number of hydrogen-bond acceptors (Lipinski definition) is 4. The topological polar surface area (TPSA) is 91.3 Å². The van der Waals surface area contributed by atoms with Crippen molar-refractivity contribution in [2.75, 3.05) is 0 Å². The maximum Gasteiger partial charge on any atom is 0.339 e. The second-order valence-electron chi connectivity index (χ2n) is 5.06. The third kappa shape index (κ3) is 2.36. The van der Waals surface area contributed by atoms with Gasteiger partial charge in [0.05, 0.1) is 17.0 Å². The molecule has 0 radical (unpaired) electrons. The molecular formula is C18H11NO4. The first-order valence-corrected chi connectivity index (χ1v) is 6.83. The van der Waals surface area contributed by atoms with Crippen molar-refractivity contribution in [3.8, 4) is 17.4 Å². The molecule has 1 N–H and O–H groups in total. The first-order chi connectivity index (χ1) is 11.0. The van der Waals surface area contributed by atoms with Crippen LogP contribution in [0.15, 0.2) is 51.7 Å². The Morgan fingerprint density at radius 2 is 1.87 bits per heavy atom. The van der Waals surface area contributed by atoms with Crippen LogP contribution in [0, 0.1) is 18.3 Å². The van der Waals surface area contributed by atoms with E-state index < -0.39 is 5.97 Å². The number of nitrogens with zero attached hydrogens (tertiary/aromatic N) is 1. The van der Waals surface area contributed by atoms with E-state index in [9.17, 15) is 14.7 Å². The number of para-hydroxylation sites is 1. The summed E-state index contributed by atoms with van der Waals surface area (Å²) in [6.07, 6.45) is 0. The number of carboxylic acid groups (broad SMARTS) is 1. The highest BCUT2D eigenvalue weighted by atomic mass is 16.4. The molecule has 23 heavy (non-hydrogen) atoms. The minimum atomic E-state index is -1.16. The Balaban J connectivity index is 2.35. The van der Waals surface area contributed by atoms with Crippen molar-refractivity contribution >= 4 is 16.9 Å². The van der Waals surface area contributed by atoms with Gasteiger partial charge in [0.15, 0.2) is 11.0 Å². The predicted molar refractivity (Wildman–Crippen MR) is 84.3 cm³/mol. The number of nitriles is 1. The largest absolute Gasteiger partial charge is 0.478 e. The van der Waals surface area contributed by atoms with Crippen LogP contribution in [0.2, 0.25) is 0 Å². The lowest BCUT2D eigenvalue weighted by Crippen LogP contribution is -2.09. The quantitative estimate of drug-likeness (QED) is 0.784. The summed E-state index contributed by atoms with van der Waals surface area (Å²) in [5, 5.41) is 18.4. The van der Waals surface area contributed by atoms with Gasteiger partial charge in [-0.2, -0.15) is 5.26 Å². The van der Waals surface area contributed by atoms with Gasteiger partial charge >= 0.3 is 5.97 Å². The van der Waals surface area contributed by atoms with Gasteiger partial charge in [-0.05, 0) is 43.3 Å². The van der Waals surface area contributed by atoms with Gasteiger partial charge in [0, 0.05) is 11.1 Å². The molecule has 5 heteroatoms. The summed E-state index contributed by atoms with van der Waals surface area (Å²) in [4.78, 5) is 23.9. The van der Waals surface area contributed by atoms with E-state index in [4.69, 9.17) is 9.68 Å². The lowest BCUT2D eigenvalue weighted by molar-refractivity contribution is 0.0698. The summed E-state index contributed by atoms with van der Waals surface area (Å²) in [5.41, 5.74) is 1.21. The van der Waals surface area contributed by atoms with Crippen molar-refractivity contribution in [3.63, 3.8) is 0 Å². The molecule has 3 rings (SSSR count). The van der Waals surface area contributed by atoms with E-state index >= 15 is 0 Å². The molecule has 5 nitrogen and oxygen atoms in total. The third-order valence-electron chi connectivity index (χ3n) is 3.65. The summed E-state index contributed by atoms with van der Waals surface area (Å²) in [6, 6.07) is 13.0. The van der Waals surface area contributed by atoms with Crippen molar-refractivity contribution in [1.29, 1.82) is 5.26 Å². The Morgan fingerprint density at radius 1 is 1.17 bits per heavy atom. The van der Waals surface area contributed by atoms with Crippen LogP contribution in [0.5, 0.6) is 0 Å². The lowest BCUT2D eigenvalue weighted by atomic mass is 10.0. The van der Waals surface area contributed by atoms with E-state index in [0.29, 0.717) is 22.5 Å². The standard InChI is InChI=1S/C18H11NO4/c1-10-15(20)13-3-2-4-14(18(21)22)17(13)23-16(10)12-7-5-11(9-19)6-8-12/h2-8H,1H3,(H,21,22). The number of benzene rings is 2. The molecule has 0 spiro atoms. The molecule has 0 saturated carbocycles. The van der Waals surface area contributed by atoms with Crippen LogP contribution >= 0.6 is 0 Å². The lowest BCUT2D eigenvalue weighted by Gasteiger charge is -2.08. The van der Waals surface area contributed by atoms with Gasteiger partial charge in [-0.1, -0.05) is 6.07 Å². The number of fused-ring (bicyclic) bond motifs is 1. The maximum absolute atomic E-state index is 12.5. The zero-order valence-corrected chi connectivity index (χ0v) is 12.2. The fourth-order valence-electron chi connectivity index (χ4n) is 2.45. The summed E-state index contributed by atoms with van der Waals surface area (Å²) in [5.74, 6) is -0.853. The van der Waals surface area contributed by atoms with E-state index in [0.717, 1.165) is 0 Å². The summed E-state index contributed by atoms with van der Waals surface area (Å²) < 4.78 is 5.76. The highest BCUT2D eigenvalue weighted by molar-refractivity contribution is 6.01. The maximum atomic E-state index is 12.5. The first-order valence-electron chi connectivity index (χ1n) is 6.83. The van der Waals surface area contributed by atoms with Gasteiger partial charge in [-0.25, -0.2) is 4.79 Å². The number of rotatable bonds is 2. The first kappa shape index (κ1) is 14.5. The molecule has 0 unspecified atom stereocenters. The molecule has 0 saturated heterocycles. The Hall–Kier alpha value is -3.39. The van der Waals surface area contributed by atoms with Crippen LogP contribution in [0.3, 0.4) is 0 Å². The second-order valence-corrected chi connectivity index (χ2v) is 5.06. The zero-order valence-electron chi connectivity index (χ0n) is 12.2. The minimum absolute atomic E-state index is 0.0509. The van der Waals surface area contributed by atoms with Crippen LogP contribution in [-0.2, 0) is 0 Å². The normalized spacial score (nSPS) is 10.4. The highest BCUT2D eigenvalue weighted by Gasteiger charge is 2.17. The molecule has 0 amide bonds. The van der Waals surface area contributed by atoms with Crippen molar-refractivity contribution in [2.24, 2.45) is 0 Å². The van der Waals surface area contributed by atoms with Crippen molar-refractivity contribution in [3.05, 3.63) is 69.4 Å². The Kier molecular flexibility index (Phi) is 3.43. The molecule has 1 heterocycles. The van der Waals surface area contributed by atoms with E-state index in [2.05, 4.69) is 0 Å². The molecule has 0 atom stereocenters. The molecule has 0 aliphatic carbocycles. The summed E-state index contributed by atoms with van der Waals surface area (Å²) in [6.45, 7) is 1.63. The average Bonchev–Trinajstić information content (AvgIpc) is 2.57. The predicted octanol–water partition coefficient (Wildman–Crippen LogP) is 3.34. The Labute approximate surface area is 131 Å². The van der Waals surface area contributed by atoms with Crippen molar-refractivity contribution in [1.82, 2.24) is 0 Å². The fraction of sp³-hybridized carbons (Fsp3) is 0.0556. The van der Waals surface area contributed by atoms with Gasteiger partial charge in [0.25, 0.3) is 0 Å². The van der Waals surface area contributed by atoms with Gasteiger partial charge in [-0.3, -0.25) is 4.79 Å². The second kappa shape index (κ2) is 5.43. The number of carbonyl (C=O) groups is 1. The van der Waals surface area contributed by atoms with Gasteiger partial charge in [0.1, 0.15) is 11.3 Å². The molecule has 112 valence electrons. The molecule has 0 aliphatic rings. The number of carboxylic acids is 1. The van der Waals surface area contributed by atoms with Gasteiger partial charge < -0.3 is 9.52 Å². The average molecular weight is 305 g/mol. The van der Waals surface area contributed by atoms with E-state index in [-0.39, 0.29) is 22.0 Å². The minimum Gasteiger partial charge on any atom is -0.478 e. The summed E-state index contributed by atoms with van der Waals surface area (Å²) in [7, 11) is 0. The SMILES string of the molecule is Cc1c(-c2ccc(C#N)cc2)oc2c(C(=O)O)cccc2c1=O. The van der Waals surface area contributed by atoms with Crippen LogP contribution in [-0.4, -0.2) is 11.1 Å². The third-order valence-corrected chi connectivity index (χ3v) is 3.65. The van der Waals surface area contributed by atoms with Crippen molar-refractivity contribution in [2.45, 2.75) is 6.92 Å². The van der Waals surface area contributed by atoms with E-state index in [1.165, 1.54) is 12.1 Å². The zero-order chi connectivity index (χ0) is 16.6. The van der Waals surface area contributed by atoms with Crippen LogP contribution in [0.25, 0.3) is 22.3 Å². The van der Waals surface area contributed by atoms with Crippen molar-refractivity contribution < 1.29 is 14.3 Å². The Bertz CT molecular complexity index is 1020. The van der Waals surface area contributed by atoms with E-state index in [1.54, 1.807) is 37.3 Å². The smallest absolute Gasteiger partial charge is 0.339 e. The van der Waals surface area contributed by atoms with Gasteiger partial charge in [0.2, 0.25) is 0 Å². The van der Waals surface area contributed by atoms with Crippen LogP contribution < -0.4 is 5.43 Å². The molecule has 3 aromatic rings. The van der Waals surface area contributed by atoms with E-state index in [1.807, 2.05) is 6.07 Å². The molecular weight excluding hydrogens is 294 g/mol. The van der Waals surface area contributed by atoms with Gasteiger partial charge in [-0.15, -0.1) is 0 Å². The Morgan fingerprint density at radius 3 is 2.48 bits per heavy atom. The van der Waals surface area contributed by atoms with Crippen LogP contribution in [0.1, 0.15) is 21.5 Å². The molecule has 0 fully saturated rings. The molecule has 2 aromatic carbocycles. The van der Waals surface area contributed by atoms with Crippen LogP contribution in [0.4, 0.5) is 0 Å².